The van der Waals surface area contributed by atoms with Gasteiger partial charge in [-0.2, -0.15) is 0 Å². The van der Waals surface area contributed by atoms with Gasteiger partial charge in [-0.1, -0.05) is 12.1 Å². The SMILES string of the molecule is O=C(O)c1coc(C2CN(C(=O)CC3COc4ccccc4O3)C2)n1. The van der Waals surface area contributed by atoms with Crippen LogP contribution in [0, 0.1) is 0 Å². The fraction of sp³-hybridized carbons (Fsp3) is 0.353. The third-order valence-electron chi connectivity index (χ3n) is 4.29. The van der Waals surface area contributed by atoms with Crippen molar-refractivity contribution in [2.45, 2.75) is 18.4 Å². The minimum absolute atomic E-state index is 0.0331. The summed E-state index contributed by atoms with van der Waals surface area (Å²) in [6, 6.07) is 7.36. The number of ether oxygens (including phenoxy) is 2. The second-order valence-electron chi connectivity index (χ2n) is 6.07. The van der Waals surface area contributed by atoms with Crippen molar-refractivity contribution in [1.82, 2.24) is 9.88 Å². The second kappa shape index (κ2) is 6.12. The third kappa shape index (κ3) is 3.02. The highest BCUT2D eigenvalue weighted by Crippen LogP contribution is 2.32. The molecule has 0 saturated carbocycles. The Bertz CT molecular complexity index is 811. The number of carboxylic acids is 1. The molecule has 8 nitrogen and oxygen atoms in total. The molecule has 0 spiro atoms. The third-order valence-corrected chi connectivity index (χ3v) is 4.29. The Balaban J connectivity index is 1.30. The molecular formula is C17H16N2O6. The minimum atomic E-state index is -1.13. The van der Waals surface area contributed by atoms with E-state index < -0.39 is 5.97 Å². The van der Waals surface area contributed by atoms with Crippen LogP contribution < -0.4 is 9.47 Å². The predicted octanol–water partition coefficient (Wildman–Crippen LogP) is 1.53. The maximum Gasteiger partial charge on any atom is 0.357 e. The average molecular weight is 344 g/mol. The summed E-state index contributed by atoms with van der Waals surface area (Å²) in [6.45, 7) is 1.26. The molecule has 0 bridgehead atoms. The van der Waals surface area contributed by atoms with Gasteiger partial charge >= 0.3 is 5.97 Å². The van der Waals surface area contributed by atoms with E-state index in [1.54, 1.807) is 4.90 Å². The fourth-order valence-electron chi connectivity index (χ4n) is 2.90. The molecule has 1 aromatic carbocycles. The number of fused-ring (bicyclic) bond motifs is 1. The molecular weight excluding hydrogens is 328 g/mol. The van der Waals surface area contributed by atoms with Crippen LogP contribution in [0.25, 0.3) is 0 Å². The summed E-state index contributed by atoms with van der Waals surface area (Å²) >= 11 is 0. The number of carbonyl (C=O) groups is 2. The molecule has 1 aromatic heterocycles. The fourth-order valence-corrected chi connectivity index (χ4v) is 2.90. The predicted molar refractivity (Wildman–Crippen MR) is 83.8 cm³/mol. The van der Waals surface area contributed by atoms with E-state index in [1.165, 1.54) is 0 Å². The van der Waals surface area contributed by atoms with Gasteiger partial charge in [-0.25, -0.2) is 9.78 Å². The Morgan fingerprint density at radius 3 is 2.72 bits per heavy atom. The normalized spacial score (nSPS) is 19.4. The first-order valence-electron chi connectivity index (χ1n) is 7.95. The molecule has 1 unspecified atom stereocenters. The van der Waals surface area contributed by atoms with Crippen LogP contribution in [0.1, 0.15) is 28.7 Å². The van der Waals surface area contributed by atoms with E-state index in [0.29, 0.717) is 37.1 Å². The Labute approximate surface area is 143 Å². The summed E-state index contributed by atoms with van der Waals surface area (Å²) in [4.78, 5) is 28.8. The number of hydrogen-bond donors (Lipinski definition) is 1. The number of aromatic nitrogens is 1. The molecule has 130 valence electrons. The molecule has 2 aliphatic heterocycles. The first-order valence-corrected chi connectivity index (χ1v) is 7.95. The summed E-state index contributed by atoms with van der Waals surface area (Å²) < 4.78 is 16.6. The summed E-state index contributed by atoms with van der Waals surface area (Å²) in [5, 5.41) is 8.85. The molecule has 0 aliphatic carbocycles. The number of para-hydroxylation sites is 2. The number of rotatable bonds is 4. The van der Waals surface area contributed by atoms with Crippen LogP contribution >= 0.6 is 0 Å². The maximum atomic E-state index is 12.3. The van der Waals surface area contributed by atoms with Gasteiger partial charge in [0.1, 0.15) is 19.0 Å². The number of hydrogen-bond acceptors (Lipinski definition) is 6. The van der Waals surface area contributed by atoms with Crippen molar-refractivity contribution < 1.29 is 28.6 Å². The molecule has 8 heteroatoms. The summed E-state index contributed by atoms with van der Waals surface area (Å²) in [5.74, 6) is 0.461. The van der Waals surface area contributed by atoms with E-state index in [4.69, 9.17) is 19.0 Å². The van der Waals surface area contributed by atoms with Gasteiger partial charge in [0.2, 0.25) is 11.8 Å². The van der Waals surface area contributed by atoms with E-state index in [1.807, 2.05) is 24.3 Å². The monoisotopic (exact) mass is 344 g/mol. The zero-order chi connectivity index (χ0) is 17.4. The van der Waals surface area contributed by atoms with E-state index in [0.717, 1.165) is 6.26 Å². The number of aromatic carboxylic acids is 1. The van der Waals surface area contributed by atoms with Crippen LogP contribution in [-0.4, -0.2) is 52.7 Å². The quantitative estimate of drug-likeness (QED) is 0.897. The number of carbonyl (C=O) groups excluding carboxylic acids is 1. The van der Waals surface area contributed by atoms with Crippen molar-refractivity contribution in [3.8, 4) is 11.5 Å². The van der Waals surface area contributed by atoms with Crippen molar-refractivity contribution in [3.63, 3.8) is 0 Å². The standard InChI is InChI=1S/C17H16N2O6/c20-15(5-11-8-23-13-3-1-2-4-14(13)25-11)19-6-10(7-19)16-18-12(9-24-16)17(21)22/h1-4,9-11H,5-8H2,(H,21,22). The van der Waals surface area contributed by atoms with Gasteiger partial charge in [0, 0.05) is 13.1 Å². The lowest BCUT2D eigenvalue weighted by Crippen LogP contribution is -2.50. The van der Waals surface area contributed by atoms with Crippen LogP contribution in [-0.2, 0) is 4.79 Å². The highest BCUT2D eigenvalue weighted by atomic mass is 16.6. The van der Waals surface area contributed by atoms with Gasteiger partial charge in [0.05, 0.1) is 12.3 Å². The Morgan fingerprint density at radius 1 is 1.24 bits per heavy atom. The number of nitrogens with zero attached hydrogens (tertiary/aromatic N) is 2. The topological polar surface area (TPSA) is 102 Å². The highest BCUT2D eigenvalue weighted by Gasteiger charge is 2.36. The van der Waals surface area contributed by atoms with Crippen LogP contribution in [0.4, 0.5) is 0 Å². The summed E-state index contributed by atoms with van der Waals surface area (Å²) in [7, 11) is 0. The molecule has 2 aromatic rings. The van der Waals surface area contributed by atoms with Gasteiger partial charge in [0.25, 0.3) is 0 Å². The molecule has 1 fully saturated rings. The summed E-state index contributed by atoms with van der Waals surface area (Å²) in [6.07, 6.45) is 1.03. The number of benzene rings is 1. The second-order valence-corrected chi connectivity index (χ2v) is 6.07. The molecule has 1 saturated heterocycles. The molecule has 0 radical (unpaired) electrons. The number of amides is 1. The Morgan fingerprint density at radius 2 is 2.00 bits per heavy atom. The van der Waals surface area contributed by atoms with Gasteiger partial charge in [0.15, 0.2) is 17.2 Å². The van der Waals surface area contributed by atoms with E-state index >= 15 is 0 Å². The molecule has 1 atom stereocenters. The van der Waals surface area contributed by atoms with E-state index in [-0.39, 0.29) is 30.0 Å². The van der Waals surface area contributed by atoms with Crippen molar-refractivity contribution in [2.24, 2.45) is 0 Å². The van der Waals surface area contributed by atoms with Crippen LogP contribution in [0.3, 0.4) is 0 Å². The van der Waals surface area contributed by atoms with Gasteiger partial charge < -0.3 is 23.9 Å². The first kappa shape index (κ1) is 15.5. The van der Waals surface area contributed by atoms with Gasteiger partial charge in [-0.15, -0.1) is 0 Å². The van der Waals surface area contributed by atoms with E-state index in [2.05, 4.69) is 4.98 Å². The molecule has 2 aliphatic rings. The summed E-state index contributed by atoms with van der Waals surface area (Å²) in [5.41, 5.74) is -0.119. The maximum absolute atomic E-state index is 12.3. The van der Waals surface area contributed by atoms with Crippen molar-refractivity contribution in [3.05, 3.63) is 42.1 Å². The Kier molecular flexibility index (Phi) is 3.79. The zero-order valence-electron chi connectivity index (χ0n) is 13.3. The van der Waals surface area contributed by atoms with Gasteiger partial charge in [-0.05, 0) is 12.1 Å². The van der Waals surface area contributed by atoms with Crippen molar-refractivity contribution in [2.75, 3.05) is 19.7 Å². The van der Waals surface area contributed by atoms with Crippen molar-refractivity contribution in [1.29, 1.82) is 0 Å². The molecule has 1 N–H and O–H groups in total. The molecule has 4 rings (SSSR count). The number of carboxylic acid groups (broad SMARTS) is 1. The molecule has 3 heterocycles. The van der Waals surface area contributed by atoms with Crippen LogP contribution in [0.15, 0.2) is 34.9 Å². The number of oxazole rings is 1. The highest BCUT2D eigenvalue weighted by molar-refractivity contribution is 5.84. The first-order chi connectivity index (χ1) is 12.1. The lowest BCUT2D eigenvalue weighted by Gasteiger charge is -2.38. The molecule has 1 amide bonds. The molecule has 25 heavy (non-hydrogen) atoms. The van der Waals surface area contributed by atoms with Crippen LogP contribution in [0.2, 0.25) is 0 Å². The van der Waals surface area contributed by atoms with E-state index in [9.17, 15) is 9.59 Å². The minimum Gasteiger partial charge on any atom is -0.486 e. The Hall–Kier alpha value is -3.03. The van der Waals surface area contributed by atoms with Crippen molar-refractivity contribution >= 4 is 11.9 Å². The largest absolute Gasteiger partial charge is 0.486 e. The lowest BCUT2D eigenvalue weighted by atomic mass is 9.99. The zero-order valence-corrected chi connectivity index (χ0v) is 13.3. The lowest BCUT2D eigenvalue weighted by molar-refractivity contribution is -0.138. The van der Waals surface area contributed by atoms with Gasteiger partial charge in [-0.3, -0.25) is 4.79 Å². The number of likely N-dealkylation sites (tertiary alicyclic amines) is 1. The smallest absolute Gasteiger partial charge is 0.357 e. The average Bonchev–Trinajstić information content (AvgIpc) is 3.03. The van der Waals surface area contributed by atoms with Crippen LogP contribution in [0.5, 0.6) is 11.5 Å².